The summed E-state index contributed by atoms with van der Waals surface area (Å²) in [7, 11) is 0. The number of rotatable bonds is 9. The van der Waals surface area contributed by atoms with Gasteiger partial charge in [-0.15, -0.1) is 0 Å². The highest BCUT2D eigenvalue weighted by atomic mass is 15.2. The maximum atomic E-state index is 2.66. The molecule has 0 radical (unpaired) electrons. The average Bonchev–Trinajstić information content (AvgIpc) is 3.23. The van der Waals surface area contributed by atoms with Gasteiger partial charge in [0.1, 0.15) is 0 Å². The average molecular weight is 803 g/mol. The summed E-state index contributed by atoms with van der Waals surface area (Å²) in [5.41, 5.74) is 24.1. The zero-order chi connectivity index (χ0) is 43.2. The van der Waals surface area contributed by atoms with Crippen LogP contribution in [0.3, 0.4) is 0 Å². The maximum Gasteiger partial charge on any atom is 0.252 e. The summed E-state index contributed by atoms with van der Waals surface area (Å²) in [6, 6.07) is 43.9. The molecule has 1 aliphatic carbocycles. The van der Waals surface area contributed by atoms with Crippen LogP contribution in [0, 0.1) is 13.8 Å². The van der Waals surface area contributed by atoms with E-state index >= 15 is 0 Å². The van der Waals surface area contributed by atoms with Crippen molar-refractivity contribution in [2.75, 3.05) is 9.80 Å². The molecule has 2 nitrogen and oxygen atoms in total. The lowest BCUT2D eigenvalue weighted by Crippen LogP contribution is -2.62. The Morgan fingerprint density at radius 3 is 1.77 bits per heavy atom. The third-order valence-corrected chi connectivity index (χ3v) is 14.8. The normalized spacial score (nSPS) is 16.0. The topological polar surface area (TPSA) is 6.48 Å². The smallest absolute Gasteiger partial charge is 0.252 e. The molecule has 61 heavy (non-hydrogen) atoms. The van der Waals surface area contributed by atoms with Crippen molar-refractivity contribution in [2.24, 2.45) is 0 Å². The van der Waals surface area contributed by atoms with E-state index in [1.807, 2.05) is 0 Å². The van der Waals surface area contributed by atoms with E-state index in [0.29, 0.717) is 5.92 Å². The van der Waals surface area contributed by atoms with E-state index in [2.05, 4.69) is 202 Å². The molecule has 3 aliphatic rings. The molecule has 0 saturated carbocycles. The van der Waals surface area contributed by atoms with Crippen LogP contribution < -0.4 is 26.2 Å². The summed E-state index contributed by atoms with van der Waals surface area (Å²) in [5, 5.41) is 0. The first kappa shape index (κ1) is 41.3. The Labute approximate surface area is 368 Å². The molecule has 2 heterocycles. The van der Waals surface area contributed by atoms with Crippen LogP contribution in [0.4, 0.5) is 34.1 Å². The molecular weight excluding hydrogens is 735 g/mol. The lowest BCUT2D eigenvalue weighted by atomic mass is 9.33. The molecule has 9 rings (SSSR count). The number of hydrogen-bond donors (Lipinski definition) is 0. The summed E-state index contributed by atoms with van der Waals surface area (Å²) in [5.74, 6) is 0.581. The first-order chi connectivity index (χ1) is 29.1. The fourth-order valence-electron chi connectivity index (χ4n) is 11.3. The highest BCUT2D eigenvalue weighted by molar-refractivity contribution is 7.00. The third-order valence-electron chi connectivity index (χ3n) is 14.8. The number of nitrogens with zero attached hydrogens (tertiary/aromatic N) is 2. The standard InChI is InChI=1S/C58H67BN2/c1-13-16-18-39-20-25-43(26-21-39)60-51-30-24-42(56(6,7)8)34-49(51)59-50-35-47-48(57(9,10)45-29-19-37(4)31-46(45)58(47,11)12)36-52(50)61(54-33-38(5)32-53(60)55(54)59)44-27-22-41(23-28-44)40(15-3)17-14-2/h19-36,40H,13-18H2,1-12H3. The van der Waals surface area contributed by atoms with Gasteiger partial charge in [-0.1, -0.05) is 148 Å². The second-order valence-corrected chi connectivity index (χ2v) is 20.9. The van der Waals surface area contributed by atoms with Gasteiger partial charge in [-0.2, -0.15) is 0 Å². The Bertz CT molecular complexity index is 2640. The van der Waals surface area contributed by atoms with Crippen LogP contribution in [0.5, 0.6) is 0 Å². The largest absolute Gasteiger partial charge is 0.311 e. The fourth-order valence-corrected chi connectivity index (χ4v) is 11.3. The van der Waals surface area contributed by atoms with Gasteiger partial charge in [-0.3, -0.25) is 0 Å². The van der Waals surface area contributed by atoms with Gasteiger partial charge < -0.3 is 9.80 Å². The second kappa shape index (κ2) is 15.1. The van der Waals surface area contributed by atoms with E-state index in [0.717, 1.165) is 12.8 Å². The zero-order valence-corrected chi connectivity index (χ0v) is 39.2. The number of hydrogen-bond acceptors (Lipinski definition) is 2. The Morgan fingerprint density at radius 1 is 0.557 bits per heavy atom. The van der Waals surface area contributed by atoms with Crippen LogP contribution in [0.25, 0.3) is 0 Å². The predicted octanol–water partition coefficient (Wildman–Crippen LogP) is 14.3. The number of aryl methyl sites for hydroxylation is 3. The molecule has 0 spiro atoms. The Morgan fingerprint density at radius 2 is 1.15 bits per heavy atom. The van der Waals surface area contributed by atoms with Gasteiger partial charge in [0.2, 0.25) is 0 Å². The van der Waals surface area contributed by atoms with Crippen LogP contribution in [0.1, 0.15) is 157 Å². The van der Waals surface area contributed by atoms with Gasteiger partial charge in [0.25, 0.3) is 6.71 Å². The van der Waals surface area contributed by atoms with Crippen molar-refractivity contribution in [2.45, 2.75) is 144 Å². The van der Waals surface area contributed by atoms with Gasteiger partial charge in [0.05, 0.1) is 0 Å². The summed E-state index contributed by atoms with van der Waals surface area (Å²) in [4.78, 5) is 5.22. The molecule has 0 bridgehead atoms. The summed E-state index contributed by atoms with van der Waals surface area (Å²) in [6.07, 6.45) is 7.12. The quantitative estimate of drug-likeness (QED) is 0.134. The van der Waals surface area contributed by atoms with Crippen LogP contribution in [-0.4, -0.2) is 6.71 Å². The lowest BCUT2D eigenvalue weighted by molar-refractivity contribution is 0.520. The van der Waals surface area contributed by atoms with Crippen molar-refractivity contribution >= 4 is 57.2 Å². The minimum absolute atomic E-state index is 0.00000926. The van der Waals surface area contributed by atoms with Crippen molar-refractivity contribution < 1.29 is 0 Å². The molecule has 0 saturated heterocycles. The third kappa shape index (κ3) is 6.68. The Kier molecular flexibility index (Phi) is 10.2. The van der Waals surface area contributed by atoms with E-state index in [9.17, 15) is 0 Å². The molecule has 6 aromatic carbocycles. The second-order valence-electron chi connectivity index (χ2n) is 20.9. The van der Waals surface area contributed by atoms with Gasteiger partial charge in [0.15, 0.2) is 0 Å². The first-order valence-electron chi connectivity index (χ1n) is 23.5. The molecule has 6 aromatic rings. The van der Waals surface area contributed by atoms with Crippen molar-refractivity contribution in [3.05, 3.63) is 159 Å². The van der Waals surface area contributed by atoms with Crippen molar-refractivity contribution in [3.8, 4) is 0 Å². The number of unbranched alkanes of at least 4 members (excludes halogenated alkanes) is 1. The van der Waals surface area contributed by atoms with E-state index in [1.54, 1.807) is 0 Å². The fraction of sp³-hybridized carbons (Fsp3) is 0.379. The molecule has 2 aliphatic heterocycles. The van der Waals surface area contributed by atoms with E-state index in [1.165, 1.54) is 126 Å². The number of benzene rings is 6. The number of anilines is 6. The molecule has 1 unspecified atom stereocenters. The molecule has 0 fully saturated rings. The molecule has 1 atom stereocenters. The zero-order valence-electron chi connectivity index (χ0n) is 39.2. The highest BCUT2D eigenvalue weighted by Crippen LogP contribution is 2.53. The Hall–Kier alpha value is -5.02. The van der Waals surface area contributed by atoms with Crippen molar-refractivity contribution in [3.63, 3.8) is 0 Å². The summed E-state index contributed by atoms with van der Waals surface area (Å²) >= 11 is 0. The molecular formula is C58H67BN2. The monoisotopic (exact) mass is 803 g/mol. The molecule has 0 N–H and O–H groups in total. The van der Waals surface area contributed by atoms with Gasteiger partial charge >= 0.3 is 0 Å². The first-order valence-corrected chi connectivity index (χ1v) is 23.5. The van der Waals surface area contributed by atoms with Gasteiger partial charge in [-0.05, 0) is 160 Å². The van der Waals surface area contributed by atoms with Crippen LogP contribution >= 0.6 is 0 Å². The maximum absolute atomic E-state index is 2.66. The van der Waals surface area contributed by atoms with Crippen LogP contribution in [0.15, 0.2) is 109 Å². The lowest BCUT2D eigenvalue weighted by Gasteiger charge is -2.48. The molecule has 3 heteroatoms. The minimum Gasteiger partial charge on any atom is -0.311 e. The van der Waals surface area contributed by atoms with Crippen LogP contribution in [-0.2, 0) is 22.7 Å². The molecule has 0 amide bonds. The molecule has 312 valence electrons. The van der Waals surface area contributed by atoms with E-state index in [4.69, 9.17) is 0 Å². The highest BCUT2D eigenvalue weighted by Gasteiger charge is 2.48. The summed E-state index contributed by atoms with van der Waals surface area (Å²) in [6.45, 7) is 28.4. The van der Waals surface area contributed by atoms with E-state index < -0.39 is 0 Å². The van der Waals surface area contributed by atoms with Gasteiger partial charge in [0, 0.05) is 45.0 Å². The summed E-state index contributed by atoms with van der Waals surface area (Å²) < 4.78 is 0. The predicted molar refractivity (Wildman–Crippen MR) is 266 cm³/mol. The SMILES string of the molecule is CCCCc1ccc(N2c3ccc(C(C)(C)C)cc3B3c4cc5c(cc4N(c4ccc(C(CC)CCC)cc4)c4cc(C)cc2c43)C(C)(C)c2ccc(C)cc2C5(C)C)cc1. The Balaban J connectivity index is 1.36. The minimum atomic E-state index is -0.172. The van der Waals surface area contributed by atoms with Crippen LogP contribution in [0.2, 0.25) is 0 Å². The molecule has 0 aromatic heterocycles. The number of fused-ring (bicyclic) bond motifs is 6. The van der Waals surface area contributed by atoms with Crippen molar-refractivity contribution in [1.82, 2.24) is 0 Å². The van der Waals surface area contributed by atoms with Crippen molar-refractivity contribution in [1.29, 1.82) is 0 Å². The van der Waals surface area contributed by atoms with Gasteiger partial charge in [-0.25, -0.2) is 0 Å². The van der Waals surface area contributed by atoms with E-state index in [-0.39, 0.29) is 23.0 Å².